The number of aryl methyl sites for hydroxylation is 1. The molecule has 9 heteroatoms. The van der Waals surface area contributed by atoms with Crippen molar-refractivity contribution in [1.82, 2.24) is 9.78 Å². The topological polar surface area (TPSA) is 76.8 Å². The van der Waals surface area contributed by atoms with E-state index in [-0.39, 0.29) is 23.0 Å². The van der Waals surface area contributed by atoms with E-state index in [2.05, 4.69) is 33.7 Å². The van der Waals surface area contributed by atoms with E-state index in [4.69, 9.17) is 16.3 Å². The van der Waals surface area contributed by atoms with Crippen LogP contribution in [0.1, 0.15) is 40.7 Å². The minimum atomic E-state index is -2.43. The molecule has 1 aromatic heterocycles. The van der Waals surface area contributed by atoms with Gasteiger partial charge in [0.1, 0.15) is 17.9 Å². The predicted octanol–water partition coefficient (Wildman–Crippen LogP) is 6.39. The Morgan fingerprint density at radius 1 is 1.05 bits per heavy atom. The molecule has 5 rings (SSSR count). The summed E-state index contributed by atoms with van der Waals surface area (Å²) in [6, 6.07) is 17.8. The quantitative estimate of drug-likeness (QED) is 0.249. The van der Waals surface area contributed by atoms with Crippen molar-refractivity contribution >= 4 is 49.3 Å². The summed E-state index contributed by atoms with van der Waals surface area (Å²) in [6.45, 7) is 0.278. The summed E-state index contributed by atoms with van der Waals surface area (Å²) in [5.74, 6) is 1.12. The Balaban J connectivity index is 1.48. The van der Waals surface area contributed by atoms with Crippen molar-refractivity contribution in [3.05, 3.63) is 82.5 Å². The van der Waals surface area contributed by atoms with Crippen LogP contribution >= 0.6 is 11.6 Å². The number of anilines is 1. The number of aromatic nitrogens is 2. The summed E-state index contributed by atoms with van der Waals surface area (Å²) in [5, 5.41) is 6.74. The van der Waals surface area contributed by atoms with E-state index >= 15 is 0 Å². The van der Waals surface area contributed by atoms with E-state index in [0.29, 0.717) is 28.6 Å². The van der Waals surface area contributed by atoms with Gasteiger partial charge in [-0.3, -0.25) is 4.79 Å². The first kappa shape index (κ1) is 26.3. The van der Waals surface area contributed by atoms with E-state index in [0.717, 1.165) is 41.3 Å². The van der Waals surface area contributed by atoms with Crippen LogP contribution in [-0.2, 0) is 23.4 Å². The minimum absolute atomic E-state index is 0.193. The molecule has 0 radical (unpaired) electrons. The van der Waals surface area contributed by atoms with Gasteiger partial charge in [-0.25, -0.2) is 8.89 Å². The first-order chi connectivity index (χ1) is 18.3. The van der Waals surface area contributed by atoms with E-state index < -0.39 is 9.73 Å². The molecular weight excluding hydrogens is 520 g/mol. The summed E-state index contributed by atoms with van der Waals surface area (Å²) in [6.07, 6.45) is 4.31. The largest absolute Gasteiger partial charge is 0.472 e. The fourth-order valence-corrected chi connectivity index (χ4v) is 7.30. The normalized spacial score (nSPS) is 14.8. The summed E-state index contributed by atoms with van der Waals surface area (Å²) in [4.78, 5) is 15.6. The maximum absolute atomic E-state index is 13.7. The van der Waals surface area contributed by atoms with Crippen LogP contribution < -0.4 is 9.64 Å². The number of nitrogens with zero attached hydrogens (tertiary/aromatic N) is 4. The highest BCUT2D eigenvalue weighted by atomic mass is 35.5. The Labute approximate surface area is 228 Å². The fraction of sp³-hybridized carbons (Fsp3) is 0.310. The molecule has 3 aromatic carbocycles. The van der Waals surface area contributed by atoms with E-state index in [1.165, 1.54) is 6.20 Å². The molecule has 4 aromatic rings. The molecular formula is C29H31ClN4O3S. The summed E-state index contributed by atoms with van der Waals surface area (Å²) in [5.41, 5.74) is 2.68. The van der Waals surface area contributed by atoms with E-state index in [1.807, 2.05) is 37.2 Å². The standard InChI is InChI=1S/C29H31ClN4O3S/c1-33(2)25-14-13-23(26(30)27(25)32-38(36)15-7-4-8-16-38)28(35)24-18-31-34(3)29(24)37-19-20-11-12-21-9-5-6-10-22(21)17-20/h5-6,9-14,17-18H,4,7-8,15-16,19H2,1-3H3. The average molecular weight is 551 g/mol. The van der Waals surface area contributed by atoms with Gasteiger partial charge >= 0.3 is 0 Å². The van der Waals surface area contributed by atoms with Crippen LogP contribution in [0.15, 0.2) is 65.2 Å². The molecule has 1 fully saturated rings. The lowest BCUT2D eigenvalue weighted by atomic mass is 10.0. The Kier molecular flexibility index (Phi) is 7.45. The van der Waals surface area contributed by atoms with Crippen molar-refractivity contribution in [1.29, 1.82) is 0 Å². The molecule has 198 valence electrons. The highest BCUT2D eigenvalue weighted by Crippen LogP contribution is 2.40. The third kappa shape index (κ3) is 5.28. The van der Waals surface area contributed by atoms with Crippen LogP contribution in [0.5, 0.6) is 5.88 Å². The molecule has 2 heterocycles. The summed E-state index contributed by atoms with van der Waals surface area (Å²) >= 11 is 6.84. The third-order valence-electron chi connectivity index (χ3n) is 6.82. The van der Waals surface area contributed by atoms with E-state index in [9.17, 15) is 9.00 Å². The second-order valence-electron chi connectivity index (χ2n) is 9.81. The van der Waals surface area contributed by atoms with Crippen LogP contribution in [0.2, 0.25) is 5.02 Å². The number of ketones is 1. The van der Waals surface area contributed by atoms with Gasteiger partial charge in [0.05, 0.1) is 26.6 Å². The van der Waals surface area contributed by atoms with Crippen molar-refractivity contribution in [2.75, 3.05) is 30.5 Å². The Morgan fingerprint density at radius 3 is 2.53 bits per heavy atom. The van der Waals surface area contributed by atoms with Gasteiger partial charge in [-0.2, -0.15) is 9.46 Å². The minimum Gasteiger partial charge on any atom is -0.472 e. The van der Waals surface area contributed by atoms with E-state index in [1.54, 1.807) is 23.9 Å². The summed E-state index contributed by atoms with van der Waals surface area (Å²) < 4.78 is 25.8. The SMILES string of the molecule is CN(C)c1ccc(C(=O)c2cnn(C)c2OCc2ccc3ccccc3c2)c(Cl)c1N=S1(=O)CCCCC1. The smallest absolute Gasteiger partial charge is 0.223 e. The fourth-order valence-electron chi connectivity index (χ4n) is 4.75. The van der Waals surface area contributed by atoms with Gasteiger partial charge in [0.25, 0.3) is 0 Å². The molecule has 1 aliphatic rings. The Bertz CT molecular complexity index is 1620. The highest BCUT2D eigenvalue weighted by molar-refractivity contribution is 7.93. The molecule has 1 aliphatic heterocycles. The molecule has 1 saturated heterocycles. The second kappa shape index (κ2) is 10.8. The maximum Gasteiger partial charge on any atom is 0.223 e. The highest BCUT2D eigenvalue weighted by Gasteiger charge is 2.25. The van der Waals surface area contributed by atoms with Crippen molar-refractivity contribution < 1.29 is 13.7 Å². The molecule has 0 N–H and O–H groups in total. The zero-order valence-electron chi connectivity index (χ0n) is 21.8. The monoisotopic (exact) mass is 550 g/mol. The van der Waals surface area contributed by atoms with Gasteiger partial charge in [0, 0.05) is 38.2 Å². The van der Waals surface area contributed by atoms with Crippen molar-refractivity contribution in [3.8, 4) is 5.88 Å². The molecule has 38 heavy (non-hydrogen) atoms. The molecule has 0 amide bonds. The lowest BCUT2D eigenvalue weighted by molar-refractivity contribution is 0.103. The lowest BCUT2D eigenvalue weighted by Crippen LogP contribution is -2.17. The number of ether oxygens (including phenoxy) is 1. The molecule has 0 saturated carbocycles. The van der Waals surface area contributed by atoms with Crippen molar-refractivity contribution in [3.63, 3.8) is 0 Å². The molecule has 0 spiro atoms. The number of rotatable bonds is 7. The first-order valence-corrected chi connectivity index (χ1v) is 14.9. The maximum atomic E-state index is 13.7. The lowest BCUT2D eigenvalue weighted by Gasteiger charge is -2.20. The molecule has 0 unspecified atom stereocenters. The van der Waals surface area contributed by atoms with Crippen LogP contribution in [0, 0.1) is 0 Å². The first-order valence-electron chi connectivity index (χ1n) is 12.7. The van der Waals surface area contributed by atoms with Gasteiger partial charge in [-0.1, -0.05) is 54.4 Å². The average Bonchev–Trinajstić information content (AvgIpc) is 3.28. The van der Waals surface area contributed by atoms with Gasteiger partial charge in [-0.05, 0) is 47.4 Å². The second-order valence-corrected chi connectivity index (χ2v) is 12.7. The predicted molar refractivity (Wildman–Crippen MR) is 155 cm³/mol. The number of fused-ring (bicyclic) bond motifs is 1. The molecule has 0 atom stereocenters. The Morgan fingerprint density at radius 2 is 1.79 bits per heavy atom. The molecule has 7 nitrogen and oxygen atoms in total. The summed E-state index contributed by atoms with van der Waals surface area (Å²) in [7, 11) is 3.06. The van der Waals surface area contributed by atoms with Gasteiger partial charge in [-0.15, -0.1) is 0 Å². The Hall–Kier alpha value is -3.36. The van der Waals surface area contributed by atoms with Crippen LogP contribution in [0.25, 0.3) is 10.8 Å². The van der Waals surface area contributed by atoms with Gasteiger partial charge in [0.15, 0.2) is 0 Å². The number of hydrogen-bond donors (Lipinski definition) is 0. The third-order valence-corrected chi connectivity index (χ3v) is 9.58. The number of benzene rings is 3. The van der Waals surface area contributed by atoms with Crippen LogP contribution in [-0.4, -0.2) is 45.4 Å². The number of halogens is 1. The number of carbonyl (C=O) groups is 1. The van der Waals surface area contributed by atoms with Gasteiger partial charge in [0.2, 0.25) is 11.7 Å². The van der Waals surface area contributed by atoms with Crippen LogP contribution in [0.4, 0.5) is 11.4 Å². The van der Waals surface area contributed by atoms with Crippen molar-refractivity contribution in [2.24, 2.45) is 11.4 Å². The zero-order chi connectivity index (χ0) is 26.9. The van der Waals surface area contributed by atoms with Gasteiger partial charge < -0.3 is 9.64 Å². The molecule has 0 aliphatic carbocycles. The molecule has 0 bridgehead atoms. The number of hydrogen-bond acceptors (Lipinski definition) is 6. The van der Waals surface area contributed by atoms with Crippen LogP contribution in [0.3, 0.4) is 0 Å². The zero-order valence-corrected chi connectivity index (χ0v) is 23.4. The number of carbonyl (C=O) groups excluding carboxylic acids is 1. The van der Waals surface area contributed by atoms with Crippen molar-refractivity contribution in [2.45, 2.75) is 25.9 Å².